The standard InChI is InChI=1S/C18H17BrClFN2O3S.C17H19ClFN3O3S.C16H18ClFN4O3S.C15H19ClFNO3S.C14H17ClFNO3S/c19-13-3-6-15(7-4-13)27(25,26)23-9-1-2-12(11-23)18(24)22-14-5-8-16(20)17(21)10-14;1-21-10-17(20-11-21)26(24,25)22-6-2-3-12(9-22)7-16(23)13-4-5-14(18)15(19)8-13;1-21-9-15(19-10-21)26(24,25)22-6-2-3-11(8-22)16(23)20-12-4-5-13(17)14(18)7-12;1-2-22(20,21)18-7-3-4-11(10-18)8-15(19)12-5-6-13(16)14(17)9-12;1-21(19,20)17-6-2-3-10(9-17)7-14(18)11-4-5-12(15)13(16)8-11/h3-8,10,12H,1-2,9,11H2,(H,22,24);4-5,8,10-12H,2-3,6-7,9H2,1H3;4-5,7,9-11H,2-3,6,8H2,1H3,(H,20,23);5-6,9,11H,2-4,7-8,10H2,1H3;4-5,8,10H,2-3,6-7,9H2,1H3/t12-;;;;/m0..../s1. The molecule has 0 aliphatic carbocycles. The second-order valence-corrected chi connectivity index (χ2v) is 42.8. The van der Waals surface area contributed by atoms with Gasteiger partial charge in [-0.3, -0.25) is 24.0 Å². The monoisotopic (exact) mass is 1950 g/mol. The first-order valence-electron chi connectivity index (χ1n) is 38.5. The molecule has 42 heteroatoms. The van der Waals surface area contributed by atoms with Crippen LogP contribution >= 0.6 is 73.9 Å². The quantitative estimate of drug-likeness (QED) is 0.0470. The number of aryl methyl sites for hydroxylation is 2. The molecule has 5 atom stereocenters. The van der Waals surface area contributed by atoms with Crippen LogP contribution in [-0.4, -0.2) is 189 Å². The molecule has 26 nitrogen and oxygen atoms in total. The van der Waals surface area contributed by atoms with Crippen LogP contribution in [-0.2, 0) is 73.8 Å². The van der Waals surface area contributed by atoms with Crippen LogP contribution in [0.3, 0.4) is 0 Å². The van der Waals surface area contributed by atoms with Crippen molar-refractivity contribution in [3.8, 4) is 0 Å². The molecule has 5 fully saturated rings. The van der Waals surface area contributed by atoms with Crippen LogP contribution in [0.4, 0.5) is 33.3 Å². The fraction of sp³-hybridized carbons (Fsp3) is 0.412. The number of hydrogen-bond donors (Lipinski definition) is 2. The molecule has 5 aliphatic heterocycles. The largest absolute Gasteiger partial charge is 0.339 e. The summed E-state index contributed by atoms with van der Waals surface area (Å²) in [6, 6.07) is 26.3. The predicted octanol–water partition coefficient (Wildman–Crippen LogP) is 15.3. The lowest BCUT2D eigenvalue weighted by atomic mass is 9.92. The van der Waals surface area contributed by atoms with Crippen LogP contribution in [0.1, 0.15) is 121 Å². The summed E-state index contributed by atoms with van der Waals surface area (Å²) in [4.78, 5) is 69.8. The topological polar surface area (TPSA) is 332 Å². The maximum Gasteiger partial charge on any atom is 0.262 e. The zero-order chi connectivity index (χ0) is 89.3. The number of piperidine rings is 5. The molecular weight excluding hydrogens is 1870 g/mol. The highest BCUT2D eigenvalue weighted by atomic mass is 79.9. The molecular formula is C80H90BrCl5F5N11O15S5. The summed E-state index contributed by atoms with van der Waals surface area (Å²) in [5, 5.41) is 5.08. The third-order valence-electron chi connectivity index (χ3n) is 20.7. The van der Waals surface area contributed by atoms with E-state index < -0.39 is 91.0 Å². The van der Waals surface area contributed by atoms with Crippen molar-refractivity contribution in [3.63, 3.8) is 0 Å². The van der Waals surface area contributed by atoms with E-state index in [0.29, 0.717) is 77.9 Å². The minimum atomic E-state index is -3.75. The first kappa shape index (κ1) is 98.6. The van der Waals surface area contributed by atoms with E-state index in [9.17, 15) is 88.0 Å². The van der Waals surface area contributed by atoms with Gasteiger partial charge < -0.3 is 19.8 Å². The summed E-state index contributed by atoms with van der Waals surface area (Å²) in [6.45, 7) is 4.81. The second-order valence-electron chi connectivity index (χ2n) is 29.9. The van der Waals surface area contributed by atoms with Crippen molar-refractivity contribution in [2.24, 2.45) is 43.7 Å². The summed E-state index contributed by atoms with van der Waals surface area (Å²) < 4.78 is 201. The van der Waals surface area contributed by atoms with Crippen molar-refractivity contribution < 1.29 is 88.0 Å². The summed E-state index contributed by atoms with van der Waals surface area (Å²) >= 11 is 31.4. The molecule has 122 heavy (non-hydrogen) atoms. The van der Waals surface area contributed by atoms with E-state index in [1.165, 1.54) is 126 Å². The lowest BCUT2D eigenvalue weighted by molar-refractivity contribution is -0.121. The Hall–Kier alpha value is -7.18. The molecule has 4 unspecified atom stereocenters. The minimum absolute atomic E-state index is 0.00625. The molecule has 7 heterocycles. The van der Waals surface area contributed by atoms with E-state index in [2.05, 4.69) is 36.5 Å². The zero-order valence-electron chi connectivity index (χ0n) is 66.5. The van der Waals surface area contributed by atoms with Crippen LogP contribution in [0, 0.1) is 58.7 Å². The number of sulfonamides is 5. The predicted molar refractivity (Wildman–Crippen MR) is 459 cm³/mol. The first-order valence-corrected chi connectivity index (χ1v) is 49.0. The molecule has 5 saturated heterocycles. The Labute approximate surface area is 740 Å². The summed E-state index contributed by atoms with van der Waals surface area (Å²) in [6.07, 6.45) is 14.2. The summed E-state index contributed by atoms with van der Waals surface area (Å²) in [5.41, 5.74) is 1.36. The molecule has 2 aromatic heterocycles. The van der Waals surface area contributed by atoms with E-state index in [1.54, 1.807) is 42.3 Å². The van der Waals surface area contributed by atoms with Gasteiger partial charge in [0.15, 0.2) is 27.4 Å². The van der Waals surface area contributed by atoms with Crippen molar-refractivity contribution in [2.75, 3.05) is 88.1 Å². The Kier molecular flexibility index (Phi) is 35.4. The highest BCUT2D eigenvalue weighted by Gasteiger charge is 2.38. The van der Waals surface area contributed by atoms with Gasteiger partial charge >= 0.3 is 0 Å². The highest BCUT2D eigenvalue weighted by molar-refractivity contribution is 9.10. The maximum atomic E-state index is 13.5. The number of Topliss-reactive ketones (excluding diaryl/α,β-unsaturated/α-hetero) is 3. The van der Waals surface area contributed by atoms with Crippen molar-refractivity contribution in [3.05, 3.63) is 216 Å². The van der Waals surface area contributed by atoms with Gasteiger partial charge in [0.05, 0.1) is 66.5 Å². The third-order valence-corrected chi connectivity index (χ3v) is 31.3. The number of nitrogens with one attached hydrogen (secondary N) is 2. The van der Waals surface area contributed by atoms with Gasteiger partial charge in [-0.25, -0.2) is 82.6 Å². The molecule has 0 bridgehead atoms. The molecule has 0 radical (unpaired) electrons. The van der Waals surface area contributed by atoms with Crippen LogP contribution in [0.2, 0.25) is 25.1 Å². The molecule has 2 amide bonds. The van der Waals surface area contributed by atoms with Gasteiger partial charge in [-0.15, -0.1) is 0 Å². The SMILES string of the molecule is CCS(=O)(=O)N1CCCC(CC(=O)c2ccc(Cl)c(F)c2)C1.CS(=O)(=O)N1CCCC(CC(=O)c2ccc(Cl)c(F)c2)C1.Cn1cnc(S(=O)(=O)N2CCCC(C(=O)Nc3ccc(Cl)c(F)c3)C2)c1.Cn1cnc(S(=O)(=O)N2CCCC(CC(=O)c3ccc(Cl)c(F)c3)C2)c1.O=C(Nc1ccc(Cl)c(F)c1)[C@H]1CCCN(S(=O)(=O)c2ccc(Br)cc2)C1. The average molecular weight is 1960 g/mol. The number of nitrogens with zero attached hydrogens (tertiary/aromatic N) is 9. The normalized spacial score (nSPS) is 19.2. The number of rotatable bonds is 22. The number of aromatic nitrogens is 4. The molecule has 6 aromatic carbocycles. The van der Waals surface area contributed by atoms with E-state index in [1.807, 2.05) is 0 Å². The lowest BCUT2D eigenvalue weighted by Gasteiger charge is -2.31. The Bertz CT molecular complexity index is 5720. The summed E-state index contributed by atoms with van der Waals surface area (Å²) in [7, 11) is -14.2. The molecule has 0 spiro atoms. The van der Waals surface area contributed by atoms with Crippen molar-refractivity contribution in [1.82, 2.24) is 40.6 Å². The number of ketones is 3. The molecule has 662 valence electrons. The molecule has 8 aromatic rings. The Balaban J connectivity index is 0.000000174. The summed E-state index contributed by atoms with van der Waals surface area (Å²) in [5.74, 6) is -5.57. The van der Waals surface area contributed by atoms with E-state index in [-0.39, 0.29) is 160 Å². The number of imidazole rings is 2. The molecule has 2 N–H and O–H groups in total. The fourth-order valence-corrected chi connectivity index (χ4v) is 21.7. The highest BCUT2D eigenvalue weighted by Crippen LogP contribution is 2.33. The number of anilines is 2. The van der Waals surface area contributed by atoms with Gasteiger partial charge in [0, 0.05) is 144 Å². The van der Waals surface area contributed by atoms with Gasteiger partial charge in [-0.1, -0.05) is 73.9 Å². The number of benzene rings is 6. The van der Waals surface area contributed by atoms with Gasteiger partial charge in [0.2, 0.25) is 41.9 Å². The second kappa shape index (κ2) is 43.8. The Morgan fingerprint density at radius 1 is 0.418 bits per heavy atom. The van der Waals surface area contributed by atoms with Gasteiger partial charge in [-0.2, -0.15) is 12.9 Å². The molecule has 13 rings (SSSR count). The average Bonchev–Trinajstić information content (AvgIpc) is 1.51. The molecule has 5 aliphatic rings. The first-order chi connectivity index (χ1) is 57.4. The number of carbonyl (C=O) groups is 5. The number of hydrogen-bond acceptors (Lipinski definition) is 17. The van der Waals surface area contributed by atoms with Crippen LogP contribution in [0.25, 0.3) is 0 Å². The van der Waals surface area contributed by atoms with Crippen molar-refractivity contribution >= 4 is 165 Å². The Morgan fingerprint density at radius 2 is 0.730 bits per heavy atom. The molecule has 0 saturated carbocycles. The van der Waals surface area contributed by atoms with Gasteiger partial charge in [0.25, 0.3) is 20.0 Å². The van der Waals surface area contributed by atoms with Crippen molar-refractivity contribution in [2.45, 2.75) is 105 Å². The maximum absolute atomic E-state index is 13.5. The number of halogens is 11. The van der Waals surface area contributed by atoms with Gasteiger partial charge in [-0.05, 0) is 204 Å². The van der Waals surface area contributed by atoms with Crippen LogP contribution < -0.4 is 10.6 Å². The van der Waals surface area contributed by atoms with Crippen LogP contribution in [0.5, 0.6) is 0 Å². The zero-order valence-corrected chi connectivity index (χ0v) is 75.9. The van der Waals surface area contributed by atoms with E-state index >= 15 is 0 Å². The fourth-order valence-electron chi connectivity index (χ4n) is 14.1. The van der Waals surface area contributed by atoms with E-state index in [4.69, 9.17) is 58.0 Å². The van der Waals surface area contributed by atoms with E-state index in [0.717, 1.165) is 66.9 Å². The number of amides is 2. The third kappa shape index (κ3) is 27.4. The smallest absolute Gasteiger partial charge is 0.262 e. The number of carbonyl (C=O) groups excluding carboxylic acids is 5. The Morgan fingerprint density at radius 3 is 1.07 bits per heavy atom. The van der Waals surface area contributed by atoms with Gasteiger partial charge in [0.1, 0.15) is 29.1 Å². The van der Waals surface area contributed by atoms with Crippen LogP contribution in [0.15, 0.2) is 160 Å². The minimum Gasteiger partial charge on any atom is -0.339 e. The van der Waals surface area contributed by atoms with Crippen molar-refractivity contribution in [1.29, 1.82) is 0 Å². The lowest BCUT2D eigenvalue weighted by Crippen LogP contribution is -2.43.